The average molecular weight is 895 g/mol. The van der Waals surface area contributed by atoms with Gasteiger partial charge in [-0.15, -0.1) is 0 Å². The van der Waals surface area contributed by atoms with Gasteiger partial charge in [0.25, 0.3) is 0 Å². The van der Waals surface area contributed by atoms with Crippen LogP contribution in [0.15, 0.2) is 121 Å². The predicted molar refractivity (Wildman–Crippen MR) is 252 cm³/mol. The van der Waals surface area contributed by atoms with Crippen molar-refractivity contribution in [2.45, 2.75) is 66.7 Å². The second-order valence-electron chi connectivity index (χ2n) is 19.2. The van der Waals surface area contributed by atoms with Crippen molar-refractivity contribution < 1.29 is 29.0 Å². The summed E-state index contributed by atoms with van der Waals surface area (Å²) in [6.07, 6.45) is 0.870. The Labute approximate surface area is 387 Å². The van der Waals surface area contributed by atoms with Gasteiger partial charge in [0.15, 0.2) is 23.3 Å². The van der Waals surface area contributed by atoms with Crippen LogP contribution in [-0.2, 0) is 36.9 Å². The second-order valence-corrected chi connectivity index (χ2v) is 19.2. The fraction of sp³-hybridized carbons (Fsp3) is 0.404. The van der Waals surface area contributed by atoms with E-state index in [0.29, 0.717) is 50.3 Å². The monoisotopic (exact) mass is 894 g/mol. The highest BCUT2D eigenvalue weighted by Crippen LogP contribution is 2.41. The molecule has 0 aliphatic carbocycles. The van der Waals surface area contributed by atoms with E-state index in [2.05, 4.69) is 53.7 Å². The number of aliphatic hydroxyl groups excluding tert-OH is 1. The zero-order chi connectivity index (χ0) is 46.8. The van der Waals surface area contributed by atoms with Crippen LogP contribution in [0.5, 0.6) is 0 Å². The smallest absolute Gasteiger partial charge is 0.249 e. The largest absolute Gasteiger partial charge is 0.396 e. The van der Waals surface area contributed by atoms with E-state index in [1.54, 1.807) is 4.90 Å². The molecule has 2 saturated heterocycles. The third kappa shape index (κ3) is 11.7. The Balaban J connectivity index is 0.000000196. The zero-order valence-electron chi connectivity index (χ0n) is 38.9. The van der Waals surface area contributed by atoms with Crippen LogP contribution in [0.4, 0.5) is 0 Å². The Kier molecular flexibility index (Phi) is 15.4. The van der Waals surface area contributed by atoms with Gasteiger partial charge in [0.05, 0.1) is 44.3 Å². The quantitative estimate of drug-likeness (QED) is 0.124. The fourth-order valence-corrected chi connectivity index (χ4v) is 8.57. The Bertz CT molecular complexity index is 2500. The van der Waals surface area contributed by atoms with Crippen LogP contribution in [0.3, 0.4) is 0 Å². The summed E-state index contributed by atoms with van der Waals surface area (Å²) in [7, 11) is 0. The third-order valence-corrected chi connectivity index (χ3v) is 11.7. The molecule has 4 atom stereocenters. The Hall–Kier alpha value is -6.35. The maximum absolute atomic E-state index is 13.1. The van der Waals surface area contributed by atoms with Gasteiger partial charge in [0, 0.05) is 36.7 Å². The lowest BCUT2D eigenvalue weighted by Crippen LogP contribution is -2.45. The van der Waals surface area contributed by atoms with E-state index in [1.165, 1.54) is 0 Å². The van der Waals surface area contributed by atoms with E-state index < -0.39 is 0 Å². The molecule has 14 nitrogen and oxygen atoms in total. The molecule has 2 aromatic heterocycles. The van der Waals surface area contributed by atoms with Crippen molar-refractivity contribution in [1.29, 1.82) is 0 Å². The van der Waals surface area contributed by atoms with Crippen LogP contribution >= 0.6 is 0 Å². The number of amides is 2. The molecule has 0 radical (unpaired) electrons. The molecule has 0 saturated carbocycles. The molecule has 2 aliphatic rings. The summed E-state index contributed by atoms with van der Waals surface area (Å²) in [4.78, 5) is 51.4. The molecule has 346 valence electrons. The molecule has 4 unspecified atom stereocenters. The number of ether oxygens (including phenoxy) is 2. The second kappa shape index (κ2) is 21.3. The lowest BCUT2D eigenvalue weighted by atomic mass is 9.84. The Morgan fingerprint density at radius 1 is 0.606 bits per heavy atom. The van der Waals surface area contributed by atoms with E-state index in [0.717, 1.165) is 34.4 Å². The van der Waals surface area contributed by atoms with Crippen molar-refractivity contribution in [3.8, 4) is 22.8 Å². The van der Waals surface area contributed by atoms with Gasteiger partial charge in [-0.25, -0.2) is 19.3 Å². The first-order valence-electron chi connectivity index (χ1n) is 22.6. The molecular formula is C52H62N8O6. The Morgan fingerprint density at radius 2 is 1.00 bits per heavy atom. The van der Waals surface area contributed by atoms with Gasteiger partial charge in [-0.05, 0) is 22.0 Å². The predicted octanol–water partition coefficient (Wildman–Crippen LogP) is 7.30. The van der Waals surface area contributed by atoms with Gasteiger partial charge >= 0.3 is 0 Å². The van der Waals surface area contributed by atoms with Crippen LogP contribution in [0.1, 0.15) is 76.4 Å². The molecule has 0 spiro atoms. The van der Waals surface area contributed by atoms with Gasteiger partial charge in [0.2, 0.25) is 11.8 Å². The maximum Gasteiger partial charge on any atom is 0.249 e. The molecule has 6 aromatic rings. The number of aldehydes is 1. The van der Waals surface area contributed by atoms with E-state index >= 15 is 0 Å². The van der Waals surface area contributed by atoms with Crippen molar-refractivity contribution in [3.63, 3.8) is 0 Å². The molecular weight excluding hydrogens is 833 g/mol. The highest BCUT2D eigenvalue weighted by atomic mass is 16.5. The number of hydrogen-bond donors (Lipinski definition) is 1. The van der Waals surface area contributed by atoms with Crippen LogP contribution in [0, 0.1) is 22.7 Å². The summed E-state index contributed by atoms with van der Waals surface area (Å²) in [5, 5.41) is 19.6. The van der Waals surface area contributed by atoms with Gasteiger partial charge in [0.1, 0.15) is 19.5 Å². The van der Waals surface area contributed by atoms with Gasteiger partial charge in [-0.2, -0.15) is 10.2 Å². The average Bonchev–Trinajstić information content (AvgIpc) is 3.79. The number of carbonyl (C=O) groups excluding carboxylic acids is 3. The van der Waals surface area contributed by atoms with Crippen LogP contribution in [0.2, 0.25) is 0 Å². The van der Waals surface area contributed by atoms with Crippen molar-refractivity contribution in [3.05, 3.63) is 144 Å². The first-order valence-corrected chi connectivity index (χ1v) is 22.6. The molecule has 66 heavy (non-hydrogen) atoms. The summed E-state index contributed by atoms with van der Waals surface area (Å²) >= 11 is 0. The standard InChI is InChI=1S/C26H32N4O3.C26H30N4O3/c2*1-26(2,3)23(29-14-20(16-31)17-33-18-22(29)32)25-27-24(21-12-8-5-9-13-21)28-30(25)15-19-10-6-4-7-11-19/h4-13,20,23,31H,14-18H2,1-3H3;4-13,16,20,23H,14-15,17-18H2,1-3H3. The van der Waals surface area contributed by atoms with E-state index in [-0.39, 0.29) is 73.0 Å². The maximum atomic E-state index is 13.1. The van der Waals surface area contributed by atoms with Crippen LogP contribution in [-0.4, -0.2) is 109 Å². The van der Waals surface area contributed by atoms with E-state index in [4.69, 9.17) is 29.6 Å². The van der Waals surface area contributed by atoms with Gasteiger partial charge < -0.3 is 29.2 Å². The minimum Gasteiger partial charge on any atom is -0.396 e. The molecule has 8 rings (SSSR count). The molecule has 2 aliphatic heterocycles. The fourth-order valence-electron chi connectivity index (χ4n) is 8.57. The molecule has 14 heteroatoms. The summed E-state index contributed by atoms with van der Waals surface area (Å²) < 4.78 is 14.8. The van der Waals surface area contributed by atoms with Crippen molar-refractivity contribution in [2.75, 3.05) is 46.1 Å². The van der Waals surface area contributed by atoms with Crippen LogP contribution < -0.4 is 0 Å². The third-order valence-electron chi connectivity index (χ3n) is 11.7. The number of aromatic nitrogens is 6. The summed E-state index contributed by atoms with van der Waals surface area (Å²) in [6, 6.07) is 39.2. The number of aliphatic hydroxyl groups is 1. The highest BCUT2D eigenvalue weighted by molar-refractivity contribution is 5.79. The minimum atomic E-state index is -0.386. The normalized spacial score (nSPS) is 18.2. The molecule has 1 N–H and O–H groups in total. The van der Waals surface area contributed by atoms with Crippen molar-refractivity contribution in [1.82, 2.24) is 39.3 Å². The Morgan fingerprint density at radius 3 is 1.39 bits per heavy atom. The molecule has 2 amide bonds. The van der Waals surface area contributed by atoms with E-state index in [9.17, 15) is 19.5 Å². The number of nitrogens with zero attached hydrogens (tertiary/aromatic N) is 8. The lowest BCUT2D eigenvalue weighted by Gasteiger charge is -2.39. The van der Waals surface area contributed by atoms with Crippen molar-refractivity contribution >= 4 is 18.1 Å². The minimum absolute atomic E-state index is 0.00143. The summed E-state index contributed by atoms with van der Waals surface area (Å²) in [6.45, 7) is 14.9. The number of benzene rings is 4. The van der Waals surface area contributed by atoms with Gasteiger partial charge in [-0.3, -0.25) is 9.59 Å². The molecule has 0 bridgehead atoms. The van der Waals surface area contributed by atoms with Gasteiger partial charge in [-0.1, -0.05) is 163 Å². The number of carbonyl (C=O) groups is 3. The topological polar surface area (TPSA) is 158 Å². The number of hydrogen-bond acceptors (Lipinski definition) is 10. The highest BCUT2D eigenvalue weighted by Gasteiger charge is 2.42. The SMILES string of the molecule is CC(C)(C)C(c1nc(-c2ccccc2)nn1Cc1ccccc1)N1CC(C=O)COCC1=O.CC(C)(C)C(c1nc(-c2ccccc2)nn1Cc1ccccc1)N1CC(CO)COCC1=O. The van der Waals surface area contributed by atoms with Crippen molar-refractivity contribution in [2.24, 2.45) is 22.7 Å². The first kappa shape index (κ1) is 47.6. The first-order chi connectivity index (χ1) is 31.7. The zero-order valence-corrected chi connectivity index (χ0v) is 38.9. The molecule has 4 aromatic carbocycles. The van der Waals surface area contributed by atoms with Crippen LogP contribution in [0.25, 0.3) is 22.8 Å². The van der Waals surface area contributed by atoms with E-state index in [1.807, 2.05) is 123 Å². The summed E-state index contributed by atoms with van der Waals surface area (Å²) in [5.74, 6) is 1.92. The number of rotatable bonds is 12. The molecule has 2 fully saturated rings. The lowest BCUT2D eigenvalue weighted by molar-refractivity contribution is -0.139. The summed E-state index contributed by atoms with van der Waals surface area (Å²) in [5.41, 5.74) is 3.35. The molecule has 4 heterocycles.